The largest absolute Gasteiger partial charge is 0.493 e. The topological polar surface area (TPSA) is 103 Å². The van der Waals surface area contributed by atoms with Gasteiger partial charge in [0.15, 0.2) is 24.7 Å². The molecule has 0 saturated carbocycles. The average molecular weight is 562 g/mol. The van der Waals surface area contributed by atoms with E-state index in [9.17, 15) is 14.4 Å². The Morgan fingerprint density at radius 2 is 1.60 bits per heavy atom. The van der Waals surface area contributed by atoms with Crippen LogP contribution >= 0.6 is 27.5 Å². The summed E-state index contributed by atoms with van der Waals surface area (Å²) in [5.74, 6) is -1.09. The van der Waals surface area contributed by atoms with E-state index in [1.807, 2.05) is 6.92 Å². The van der Waals surface area contributed by atoms with Crippen LogP contribution in [0.2, 0.25) is 5.02 Å². The van der Waals surface area contributed by atoms with E-state index >= 15 is 0 Å². The van der Waals surface area contributed by atoms with Gasteiger partial charge in [-0.05, 0) is 67.1 Å². The molecule has 0 aliphatic heterocycles. The highest BCUT2D eigenvalue weighted by Crippen LogP contribution is 2.28. The molecule has 0 radical (unpaired) electrons. The smallest absolute Gasteiger partial charge is 0.338 e. The Morgan fingerprint density at radius 1 is 0.886 bits per heavy atom. The molecule has 182 valence electrons. The quantitative estimate of drug-likeness (QED) is 0.347. The molecule has 0 unspecified atom stereocenters. The Labute approximate surface area is 215 Å². The van der Waals surface area contributed by atoms with Crippen LogP contribution in [-0.2, 0) is 14.3 Å². The molecular weight excluding hydrogens is 540 g/mol. The Bertz CT molecular complexity index is 1230. The average Bonchev–Trinajstić information content (AvgIpc) is 2.84. The molecule has 3 aromatic carbocycles. The molecule has 2 amide bonds. The molecular formula is C25H22BrClN2O6. The summed E-state index contributed by atoms with van der Waals surface area (Å²) in [5.41, 5.74) is 2.13. The highest BCUT2D eigenvalue weighted by atomic mass is 79.9. The molecule has 0 saturated heterocycles. The molecule has 2 N–H and O–H groups in total. The number of hydrogen-bond donors (Lipinski definition) is 2. The van der Waals surface area contributed by atoms with E-state index in [0.29, 0.717) is 16.4 Å². The van der Waals surface area contributed by atoms with Crippen LogP contribution in [-0.4, -0.2) is 38.1 Å². The normalized spacial score (nSPS) is 10.3. The highest BCUT2D eigenvalue weighted by Gasteiger charge is 2.15. The first-order valence-electron chi connectivity index (χ1n) is 10.3. The summed E-state index contributed by atoms with van der Waals surface area (Å²) in [6.45, 7) is 1.07. The molecule has 3 rings (SSSR count). The van der Waals surface area contributed by atoms with E-state index in [0.717, 1.165) is 10.0 Å². The lowest BCUT2D eigenvalue weighted by atomic mass is 10.2. The predicted molar refractivity (Wildman–Crippen MR) is 136 cm³/mol. The molecule has 0 atom stereocenters. The second-order valence-electron chi connectivity index (χ2n) is 7.29. The lowest BCUT2D eigenvalue weighted by Crippen LogP contribution is -2.21. The zero-order valence-electron chi connectivity index (χ0n) is 18.9. The first-order valence-corrected chi connectivity index (χ1v) is 11.5. The van der Waals surface area contributed by atoms with Crippen molar-refractivity contribution in [2.24, 2.45) is 0 Å². The van der Waals surface area contributed by atoms with Crippen LogP contribution in [0.3, 0.4) is 0 Å². The lowest BCUT2D eigenvalue weighted by molar-refractivity contribution is -0.119. The number of hydrogen-bond acceptors (Lipinski definition) is 6. The van der Waals surface area contributed by atoms with E-state index in [2.05, 4.69) is 26.6 Å². The number of aryl methyl sites for hydroxylation is 1. The summed E-state index contributed by atoms with van der Waals surface area (Å²) in [5, 5.41) is 5.84. The van der Waals surface area contributed by atoms with Gasteiger partial charge in [-0.1, -0.05) is 33.6 Å². The molecule has 10 heteroatoms. The molecule has 0 aromatic heterocycles. The third-order valence-corrected chi connectivity index (χ3v) is 5.46. The third kappa shape index (κ3) is 7.73. The van der Waals surface area contributed by atoms with E-state index in [-0.39, 0.29) is 29.6 Å². The summed E-state index contributed by atoms with van der Waals surface area (Å²) >= 11 is 9.28. The molecule has 0 aliphatic rings. The molecule has 8 nitrogen and oxygen atoms in total. The summed E-state index contributed by atoms with van der Waals surface area (Å²) in [4.78, 5) is 36.7. The summed E-state index contributed by atoms with van der Waals surface area (Å²) in [6, 6.07) is 16.5. The number of ether oxygens (including phenoxy) is 3. The number of rotatable bonds is 9. The van der Waals surface area contributed by atoms with Crippen LogP contribution in [0.1, 0.15) is 15.9 Å². The number of amides is 2. The number of nitrogens with one attached hydrogen (secondary N) is 2. The molecule has 0 bridgehead atoms. The highest BCUT2D eigenvalue weighted by molar-refractivity contribution is 9.10. The van der Waals surface area contributed by atoms with Crippen LogP contribution in [0.15, 0.2) is 65.1 Å². The van der Waals surface area contributed by atoms with Crippen molar-refractivity contribution in [3.63, 3.8) is 0 Å². The van der Waals surface area contributed by atoms with Gasteiger partial charge >= 0.3 is 5.97 Å². The summed E-state index contributed by atoms with van der Waals surface area (Å²) in [6.07, 6.45) is 0. The van der Waals surface area contributed by atoms with Gasteiger partial charge in [-0.25, -0.2) is 4.79 Å². The zero-order valence-corrected chi connectivity index (χ0v) is 21.2. The molecule has 3 aromatic rings. The van der Waals surface area contributed by atoms with Gasteiger partial charge in [-0.2, -0.15) is 0 Å². The van der Waals surface area contributed by atoms with Gasteiger partial charge < -0.3 is 24.8 Å². The van der Waals surface area contributed by atoms with Gasteiger partial charge in [0.25, 0.3) is 11.8 Å². The fourth-order valence-electron chi connectivity index (χ4n) is 2.92. The van der Waals surface area contributed by atoms with Crippen molar-refractivity contribution in [3.8, 4) is 11.5 Å². The van der Waals surface area contributed by atoms with Gasteiger partial charge in [-0.15, -0.1) is 0 Å². The van der Waals surface area contributed by atoms with Gasteiger partial charge in [0, 0.05) is 20.9 Å². The third-order valence-electron chi connectivity index (χ3n) is 4.69. The van der Waals surface area contributed by atoms with Gasteiger partial charge in [0.2, 0.25) is 0 Å². The van der Waals surface area contributed by atoms with Crippen molar-refractivity contribution in [3.05, 3.63) is 81.3 Å². The fourth-order valence-corrected chi connectivity index (χ4v) is 3.35. The van der Waals surface area contributed by atoms with Gasteiger partial charge in [-0.3, -0.25) is 9.59 Å². The number of benzene rings is 3. The Kier molecular flexibility index (Phi) is 9.11. The van der Waals surface area contributed by atoms with E-state index in [1.165, 1.54) is 25.3 Å². The number of esters is 1. The van der Waals surface area contributed by atoms with Crippen LogP contribution < -0.4 is 20.1 Å². The van der Waals surface area contributed by atoms with Crippen LogP contribution in [0.5, 0.6) is 11.5 Å². The second-order valence-corrected chi connectivity index (χ2v) is 8.65. The van der Waals surface area contributed by atoms with Crippen molar-refractivity contribution in [2.75, 3.05) is 31.0 Å². The standard InChI is InChI=1S/C25H22BrClN2O6/c1-15-3-7-18(27)12-20(15)29-24(31)14-35-25(32)16-4-10-21(22(11-16)33-2)34-13-23(30)28-19-8-5-17(26)6-9-19/h3-12H,13-14H2,1-2H3,(H,28,30)(H,29,31). The van der Waals surface area contributed by atoms with Crippen LogP contribution in [0.25, 0.3) is 0 Å². The van der Waals surface area contributed by atoms with Crippen molar-refractivity contribution >= 4 is 56.7 Å². The maximum absolute atomic E-state index is 12.4. The fraction of sp³-hybridized carbons (Fsp3) is 0.160. The summed E-state index contributed by atoms with van der Waals surface area (Å²) in [7, 11) is 1.40. The zero-order chi connectivity index (χ0) is 25.4. The number of carbonyl (C=O) groups is 3. The maximum Gasteiger partial charge on any atom is 0.338 e. The molecule has 0 spiro atoms. The maximum atomic E-state index is 12.4. The Morgan fingerprint density at radius 3 is 2.31 bits per heavy atom. The first-order chi connectivity index (χ1) is 16.7. The Hall–Kier alpha value is -3.56. The Balaban J connectivity index is 1.54. The van der Waals surface area contributed by atoms with E-state index < -0.39 is 18.5 Å². The molecule has 0 aliphatic carbocycles. The van der Waals surface area contributed by atoms with Crippen molar-refractivity contribution in [1.82, 2.24) is 0 Å². The molecule has 0 fully saturated rings. The van der Waals surface area contributed by atoms with Crippen molar-refractivity contribution in [1.29, 1.82) is 0 Å². The number of carbonyl (C=O) groups excluding carboxylic acids is 3. The molecule has 35 heavy (non-hydrogen) atoms. The monoisotopic (exact) mass is 560 g/mol. The van der Waals surface area contributed by atoms with E-state index in [4.69, 9.17) is 25.8 Å². The minimum Gasteiger partial charge on any atom is -0.493 e. The molecule has 0 heterocycles. The summed E-state index contributed by atoms with van der Waals surface area (Å²) < 4.78 is 16.8. The number of methoxy groups -OCH3 is 1. The predicted octanol–water partition coefficient (Wildman–Crippen LogP) is 5.23. The second kappa shape index (κ2) is 12.2. The van der Waals surface area contributed by atoms with Crippen molar-refractivity contribution in [2.45, 2.75) is 6.92 Å². The first kappa shape index (κ1) is 26.1. The lowest BCUT2D eigenvalue weighted by Gasteiger charge is -2.13. The van der Waals surface area contributed by atoms with Crippen LogP contribution in [0.4, 0.5) is 11.4 Å². The van der Waals surface area contributed by atoms with Crippen LogP contribution in [0, 0.1) is 6.92 Å². The number of halogens is 2. The van der Waals surface area contributed by atoms with Crippen molar-refractivity contribution < 1.29 is 28.6 Å². The minimum absolute atomic E-state index is 0.153. The van der Waals surface area contributed by atoms with E-state index in [1.54, 1.807) is 42.5 Å². The van der Waals surface area contributed by atoms with Gasteiger partial charge in [0.1, 0.15) is 0 Å². The minimum atomic E-state index is -0.721. The number of anilines is 2. The van der Waals surface area contributed by atoms with Gasteiger partial charge in [0.05, 0.1) is 12.7 Å². The SMILES string of the molecule is COc1cc(C(=O)OCC(=O)Nc2cc(Cl)ccc2C)ccc1OCC(=O)Nc1ccc(Br)cc1.